The molecule has 1 saturated carbocycles. The number of hydrogen-bond donors (Lipinski definition) is 3. The topological polar surface area (TPSA) is 109 Å². The number of hydrogen-bond acceptors (Lipinski definition) is 5. The van der Waals surface area contributed by atoms with Crippen LogP contribution in [0.3, 0.4) is 0 Å². The van der Waals surface area contributed by atoms with Crippen molar-refractivity contribution in [2.24, 2.45) is 0 Å². The summed E-state index contributed by atoms with van der Waals surface area (Å²) >= 11 is 0. The van der Waals surface area contributed by atoms with Crippen LogP contribution in [-0.2, 0) is 9.53 Å². The van der Waals surface area contributed by atoms with Gasteiger partial charge in [0.25, 0.3) is 5.91 Å². The number of anilines is 2. The number of nitrogens with one attached hydrogen (secondary N) is 3. The summed E-state index contributed by atoms with van der Waals surface area (Å²) < 4.78 is 5.09. The highest BCUT2D eigenvalue weighted by atomic mass is 16.5. The van der Waals surface area contributed by atoms with Crippen LogP contribution in [0.15, 0.2) is 42.5 Å². The van der Waals surface area contributed by atoms with Crippen molar-refractivity contribution >= 4 is 40.2 Å². The molecule has 1 aliphatic carbocycles. The molecule has 8 nitrogen and oxygen atoms in total. The largest absolute Gasteiger partial charge is 0.467 e. The maximum atomic E-state index is 13.6. The van der Waals surface area contributed by atoms with Gasteiger partial charge in [-0.2, -0.15) is 0 Å². The lowest BCUT2D eigenvalue weighted by molar-refractivity contribution is -0.148. The number of esters is 1. The van der Waals surface area contributed by atoms with Gasteiger partial charge in [0.05, 0.1) is 18.3 Å². The minimum Gasteiger partial charge on any atom is -0.467 e. The van der Waals surface area contributed by atoms with E-state index in [2.05, 4.69) is 20.9 Å². The van der Waals surface area contributed by atoms with Crippen LogP contribution in [0, 0.1) is 20.8 Å². The molecule has 1 fully saturated rings. The van der Waals surface area contributed by atoms with Crippen LogP contribution in [0.5, 0.6) is 0 Å². The van der Waals surface area contributed by atoms with Crippen LogP contribution in [0.1, 0.15) is 65.7 Å². The van der Waals surface area contributed by atoms with Crippen molar-refractivity contribution in [3.8, 4) is 0 Å². The van der Waals surface area contributed by atoms with Gasteiger partial charge in [-0.3, -0.25) is 4.79 Å². The molecule has 1 aliphatic rings. The van der Waals surface area contributed by atoms with Gasteiger partial charge in [-0.15, -0.1) is 0 Å². The van der Waals surface area contributed by atoms with E-state index < -0.39 is 23.4 Å². The van der Waals surface area contributed by atoms with Crippen molar-refractivity contribution in [2.45, 2.75) is 64.8 Å². The first-order chi connectivity index (χ1) is 17.7. The summed E-state index contributed by atoms with van der Waals surface area (Å²) in [5.74, 6) is -0.989. The third-order valence-corrected chi connectivity index (χ3v) is 6.99. The molecule has 0 radical (unpaired) electrons. The Balaban J connectivity index is 1.67. The first-order valence-corrected chi connectivity index (χ1v) is 12.7. The Kier molecular flexibility index (Phi) is 7.76. The van der Waals surface area contributed by atoms with Crippen molar-refractivity contribution in [1.29, 1.82) is 0 Å². The molecule has 0 atom stereocenters. The molecule has 0 spiro atoms. The van der Waals surface area contributed by atoms with Gasteiger partial charge in [-0.05, 0) is 56.9 Å². The van der Waals surface area contributed by atoms with Gasteiger partial charge in [0.2, 0.25) is 0 Å². The number of amides is 3. The highest BCUT2D eigenvalue weighted by Gasteiger charge is 2.42. The van der Waals surface area contributed by atoms with E-state index >= 15 is 0 Å². The summed E-state index contributed by atoms with van der Waals surface area (Å²) in [5.41, 5.74) is 3.49. The Bertz CT molecular complexity index is 1320. The van der Waals surface area contributed by atoms with Gasteiger partial charge in [0.15, 0.2) is 5.69 Å². The molecule has 1 heterocycles. The minimum absolute atomic E-state index is 0.0405. The van der Waals surface area contributed by atoms with Gasteiger partial charge in [-0.1, -0.05) is 61.6 Å². The molecule has 194 valence electrons. The van der Waals surface area contributed by atoms with Crippen LogP contribution < -0.4 is 16.0 Å². The number of para-hydroxylation sites is 1. The van der Waals surface area contributed by atoms with Crippen molar-refractivity contribution < 1.29 is 19.1 Å². The third kappa shape index (κ3) is 5.74. The molecule has 3 amide bonds. The van der Waals surface area contributed by atoms with E-state index in [4.69, 9.17) is 4.74 Å². The van der Waals surface area contributed by atoms with Crippen LogP contribution >= 0.6 is 0 Å². The van der Waals surface area contributed by atoms with Crippen molar-refractivity contribution in [1.82, 2.24) is 10.3 Å². The predicted octanol–water partition coefficient (Wildman–Crippen LogP) is 5.80. The molecule has 37 heavy (non-hydrogen) atoms. The van der Waals surface area contributed by atoms with Crippen LogP contribution in [0.25, 0.3) is 10.9 Å². The fourth-order valence-corrected chi connectivity index (χ4v) is 5.21. The molecule has 0 saturated heterocycles. The summed E-state index contributed by atoms with van der Waals surface area (Å²) in [6, 6.07) is 12.6. The predicted molar refractivity (Wildman–Crippen MR) is 145 cm³/mol. The Hall–Kier alpha value is -3.94. The molecular weight excluding hydrogens is 468 g/mol. The number of ether oxygens (including phenoxy) is 1. The quantitative estimate of drug-likeness (QED) is 0.302. The van der Waals surface area contributed by atoms with E-state index in [1.54, 1.807) is 12.1 Å². The zero-order valence-corrected chi connectivity index (χ0v) is 21.9. The van der Waals surface area contributed by atoms with Crippen molar-refractivity contribution in [3.63, 3.8) is 0 Å². The van der Waals surface area contributed by atoms with E-state index in [1.165, 1.54) is 7.11 Å². The normalized spacial score (nSPS) is 14.9. The molecule has 1 aromatic heterocycles. The number of urea groups is 1. The van der Waals surface area contributed by atoms with Gasteiger partial charge >= 0.3 is 12.0 Å². The zero-order chi connectivity index (χ0) is 26.6. The number of aryl methyl sites for hydroxylation is 3. The van der Waals surface area contributed by atoms with E-state index in [0.717, 1.165) is 47.8 Å². The number of pyridine rings is 1. The number of nitrogens with zero attached hydrogens (tertiary/aromatic N) is 1. The second-order valence-electron chi connectivity index (χ2n) is 9.87. The first kappa shape index (κ1) is 26.1. The molecule has 3 aromatic rings. The summed E-state index contributed by atoms with van der Waals surface area (Å²) in [6.07, 6.45) is 4.59. The summed E-state index contributed by atoms with van der Waals surface area (Å²) in [6.45, 7) is 5.88. The average Bonchev–Trinajstić information content (AvgIpc) is 3.11. The highest BCUT2D eigenvalue weighted by Crippen LogP contribution is 2.30. The molecule has 3 N–H and O–H groups in total. The maximum Gasteiger partial charge on any atom is 0.331 e. The van der Waals surface area contributed by atoms with E-state index in [9.17, 15) is 14.4 Å². The van der Waals surface area contributed by atoms with Gasteiger partial charge < -0.3 is 20.7 Å². The zero-order valence-electron chi connectivity index (χ0n) is 21.9. The molecule has 2 aromatic carbocycles. The van der Waals surface area contributed by atoms with Crippen LogP contribution in [0.2, 0.25) is 0 Å². The second-order valence-corrected chi connectivity index (χ2v) is 9.87. The average molecular weight is 503 g/mol. The number of rotatable bonds is 5. The minimum atomic E-state index is -1.12. The Labute approximate surface area is 217 Å². The first-order valence-electron chi connectivity index (χ1n) is 12.7. The van der Waals surface area contributed by atoms with E-state index in [0.29, 0.717) is 24.0 Å². The van der Waals surface area contributed by atoms with Crippen molar-refractivity contribution in [2.75, 3.05) is 17.7 Å². The lowest BCUT2D eigenvalue weighted by Gasteiger charge is -2.31. The second kappa shape index (κ2) is 11.0. The highest BCUT2D eigenvalue weighted by molar-refractivity contribution is 6.08. The molecule has 8 heteroatoms. The Morgan fingerprint density at radius 3 is 2.19 bits per heavy atom. The summed E-state index contributed by atoms with van der Waals surface area (Å²) in [4.78, 5) is 44.1. The number of methoxy groups -OCH3 is 1. The molecule has 0 aliphatic heterocycles. The lowest BCUT2D eigenvalue weighted by atomic mass is 9.90. The van der Waals surface area contributed by atoms with Crippen LogP contribution in [-0.4, -0.2) is 35.5 Å². The third-order valence-electron chi connectivity index (χ3n) is 6.99. The van der Waals surface area contributed by atoms with E-state index in [-0.39, 0.29) is 11.4 Å². The number of fused-ring (bicyclic) bond motifs is 1. The smallest absolute Gasteiger partial charge is 0.331 e. The number of carbonyl (C=O) groups excluding carboxylic acids is 3. The molecule has 0 bridgehead atoms. The number of carbonyl (C=O) groups is 3. The monoisotopic (exact) mass is 502 g/mol. The summed E-state index contributed by atoms with van der Waals surface area (Å²) in [7, 11) is 1.34. The summed E-state index contributed by atoms with van der Waals surface area (Å²) in [5, 5.41) is 9.44. The standard InChI is InChI=1S/C29H34N4O4/c1-18-15-19(2)24(20(3)16-18)32-28(36)31-23-17-21-11-7-8-12-22(21)30-25(23)26(34)33-29(27(35)37-4)13-9-5-6-10-14-29/h7-8,11-12,15-17H,5-6,9-10,13-14H2,1-4H3,(H,33,34)(H2,31,32,36). The van der Waals surface area contributed by atoms with Crippen molar-refractivity contribution in [3.05, 3.63) is 64.8 Å². The maximum absolute atomic E-state index is 13.6. The lowest BCUT2D eigenvalue weighted by Crippen LogP contribution is -2.55. The fraction of sp³-hybridized carbons (Fsp3) is 0.379. The van der Waals surface area contributed by atoms with E-state index in [1.807, 2.05) is 51.1 Å². The molecule has 4 rings (SSSR count). The van der Waals surface area contributed by atoms with Gasteiger partial charge in [-0.25, -0.2) is 14.6 Å². The Morgan fingerprint density at radius 1 is 0.892 bits per heavy atom. The van der Waals surface area contributed by atoms with Crippen LogP contribution in [0.4, 0.5) is 16.2 Å². The fourth-order valence-electron chi connectivity index (χ4n) is 5.21. The van der Waals surface area contributed by atoms with Gasteiger partial charge in [0.1, 0.15) is 5.54 Å². The molecular formula is C29H34N4O4. The number of aromatic nitrogens is 1. The Morgan fingerprint density at radius 2 is 1.54 bits per heavy atom. The number of benzene rings is 2. The van der Waals surface area contributed by atoms with Gasteiger partial charge in [0, 0.05) is 11.1 Å². The molecule has 0 unspecified atom stereocenters. The SMILES string of the molecule is COC(=O)C1(NC(=O)c2nc3ccccc3cc2NC(=O)Nc2c(C)cc(C)cc2C)CCCCCC1.